The Morgan fingerprint density at radius 3 is 2.67 bits per heavy atom. The van der Waals surface area contributed by atoms with Crippen molar-refractivity contribution in [2.75, 3.05) is 12.4 Å². The molecular formula is C22H19N9O2. The molecule has 5 heterocycles. The van der Waals surface area contributed by atoms with Crippen LogP contribution >= 0.6 is 0 Å². The number of amides is 2. The molecule has 11 nitrogen and oxygen atoms in total. The molecule has 0 saturated heterocycles. The first kappa shape index (κ1) is 20.2. The fourth-order valence-electron chi connectivity index (χ4n) is 3.51. The number of aromatic nitrogens is 7. The monoisotopic (exact) mass is 441 g/mol. The second-order valence-electron chi connectivity index (χ2n) is 7.31. The Balaban J connectivity index is 1.58. The normalized spacial score (nSPS) is 11.1. The minimum atomic E-state index is -0.271. The zero-order chi connectivity index (χ0) is 22.9. The summed E-state index contributed by atoms with van der Waals surface area (Å²) in [6.07, 6.45) is 8.47. The van der Waals surface area contributed by atoms with E-state index in [0.717, 1.165) is 16.5 Å². The van der Waals surface area contributed by atoms with Gasteiger partial charge in [0.15, 0.2) is 11.5 Å². The van der Waals surface area contributed by atoms with Gasteiger partial charge in [-0.25, -0.2) is 9.97 Å². The summed E-state index contributed by atoms with van der Waals surface area (Å²) in [4.78, 5) is 44.5. The first-order chi connectivity index (χ1) is 16.1. The Hall–Kier alpha value is -4.67. The molecule has 164 valence electrons. The number of anilines is 1. The number of rotatable bonds is 5. The average molecular weight is 441 g/mol. The summed E-state index contributed by atoms with van der Waals surface area (Å²) in [5, 5.41) is 13.4. The Morgan fingerprint density at radius 1 is 1.03 bits per heavy atom. The van der Waals surface area contributed by atoms with Gasteiger partial charge in [-0.1, -0.05) is 6.92 Å². The van der Waals surface area contributed by atoms with Crippen LogP contribution in [-0.2, 0) is 4.79 Å². The quantitative estimate of drug-likeness (QED) is 0.327. The number of pyridine rings is 3. The largest absolute Gasteiger partial charge is 0.355 e. The zero-order valence-corrected chi connectivity index (χ0v) is 17.8. The fourth-order valence-corrected chi connectivity index (χ4v) is 3.51. The van der Waals surface area contributed by atoms with Gasteiger partial charge in [0.05, 0.1) is 34.5 Å². The Morgan fingerprint density at radius 2 is 1.85 bits per heavy atom. The van der Waals surface area contributed by atoms with E-state index in [1.54, 1.807) is 38.8 Å². The molecule has 0 fully saturated rings. The Kier molecular flexibility index (Phi) is 4.98. The van der Waals surface area contributed by atoms with Gasteiger partial charge in [-0.3, -0.25) is 24.7 Å². The molecule has 0 bridgehead atoms. The van der Waals surface area contributed by atoms with Crippen LogP contribution in [0.1, 0.15) is 23.7 Å². The number of aromatic amines is 2. The van der Waals surface area contributed by atoms with Gasteiger partial charge in [0, 0.05) is 43.2 Å². The van der Waals surface area contributed by atoms with Crippen LogP contribution in [0.15, 0.2) is 43.1 Å². The molecule has 0 spiro atoms. The highest BCUT2D eigenvalue weighted by Gasteiger charge is 2.18. The van der Waals surface area contributed by atoms with E-state index in [0.29, 0.717) is 45.9 Å². The molecule has 33 heavy (non-hydrogen) atoms. The molecule has 5 aromatic rings. The van der Waals surface area contributed by atoms with E-state index in [1.807, 2.05) is 12.1 Å². The summed E-state index contributed by atoms with van der Waals surface area (Å²) >= 11 is 0. The van der Waals surface area contributed by atoms with Crippen LogP contribution in [0.25, 0.3) is 44.7 Å². The molecule has 5 aromatic heterocycles. The maximum absolute atomic E-state index is 12.2. The lowest BCUT2D eigenvalue weighted by atomic mass is 10.1. The summed E-state index contributed by atoms with van der Waals surface area (Å²) in [7, 11) is 1.56. The highest BCUT2D eigenvalue weighted by atomic mass is 16.2. The number of imidazole rings is 1. The van der Waals surface area contributed by atoms with Crippen molar-refractivity contribution in [2.45, 2.75) is 13.3 Å². The number of H-pyrrole nitrogens is 2. The molecule has 0 saturated carbocycles. The molecule has 0 radical (unpaired) electrons. The maximum atomic E-state index is 12.2. The van der Waals surface area contributed by atoms with Crippen molar-refractivity contribution in [1.82, 2.24) is 40.4 Å². The summed E-state index contributed by atoms with van der Waals surface area (Å²) in [6.45, 7) is 1.79. The van der Waals surface area contributed by atoms with Crippen LogP contribution in [0.2, 0.25) is 0 Å². The van der Waals surface area contributed by atoms with E-state index in [4.69, 9.17) is 0 Å². The molecule has 2 amide bonds. The van der Waals surface area contributed by atoms with Crippen molar-refractivity contribution in [3.63, 3.8) is 0 Å². The van der Waals surface area contributed by atoms with Crippen LogP contribution in [-0.4, -0.2) is 54.0 Å². The maximum Gasteiger partial charge on any atom is 0.254 e. The van der Waals surface area contributed by atoms with E-state index in [2.05, 4.69) is 45.8 Å². The summed E-state index contributed by atoms with van der Waals surface area (Å²) in [5.74, 6) is 0.147. The molecule has 5 rings (SSSR count). The van der Waals surface area contributed by atoms with Crippen molar-refractivity contribution in [2.24, 2.45) is 0 Å². The summed E-state index contributed by atoms with van der Waals surface area (Å²) in [5.41, 5.74) is 4.85. The topological polar surface area (TPSA) is 154 Å². The van der Waals surface area contributed by atoms with Gasteiger partial charge < -0.3 is 15.6 Å². The number of carbonyl (C=O) groups is 2. The summed E-state index contributed by atoms with van der Waals surface area (Å²) in [6, 6.07) is 3.76. The standard InChI is InChI=1S/C22H19N9O2/c1-3-17(32)27-13-4-11(6-24-8-13)12-5-14-19(30-31-20(14)26-7-12)21-28-16-10-25-9-15(18(16)29-21)22(33)23-2/h4-10H,3H2,1-2H3,(H,23,33)(H,27,32)(H,28,29)(H,26,30,31). The number of carbonyl (C=O) groups excluding carboxylic acids is 2. The minimum absolute atomic E-state index is 0.0878. The van der Waals surface area contributed by atoms with Crippen LogP contribution in [0.5, 0.6) is 0 Å². The molecule has 0 unspecified atom stereocenters. The van der Waals surface area contributed by atoms with Gasteiger partial charge in [-0.05, 0) is 12.1 Å². The second-order valence-corrected chi connectivity index (χ2v) is 7.31. The van der Waals surface area contributed by atoms with Gasteiger partial charge >= 0.3 is 0 Å². The lowest BCUT2D eigenvalue weighted by Crippen LogP contribution is -2.18. The van der Waals surface area contributed by atoms with E-state index >= 15 is 0 Å². The molecule has 11 heteroatoms. The highest BCUT2D eigenvalue weighted by Crippen LogP contribution is 2.30. The van der Waals surface area contributed by atoms with Crippen LogP contribution in [0, 0.1) is 0 Å². The second kappa shape index (κ2) is 8.11. The molecule has 0 aliphatic heterocycles. The van der Waals surface area contributed by atoms with Crippen molar-refractivity contribution in [1.29, 1.82) is 0 Å². The van der Waals surface area contributed by atoms with Crippen LogP contribution in [0.4, 0.5) is 5.69 Å². The predicted octanol–water partition coefficient (Wildman–Crippen LogP) is 2.67. The lowest BCUT2D eigenvalue weighted by molar-refractivity contribution is -0.115. The van der Waals surface area contributed by atoms with Gasteiger partial charge in [0.1, 0.15) is 11.2 Å². The predicted molar refractivity (Wildman–Crippen MR) is 122 cm³/mol. The third-order valence-electron chi connectivity index (χ3n) is 5.19. The molecular weight excluding hydrogens is 422 g/mol. The molecule has 0 aromatic carbocycles. The summed E-state index contributed by atoms with van der Waals surface area (Å²) < 4.78 is 0. The Labute approximate surface area is 187 Å². The van der Waals surface area contributed by atoms with Crippen molar-refractivity contribution < 1.29 is 9.59 Å². The number of fused-ring (bicyclic) bond motifs is 2. The number of hydrogen-bond donors (Lipinski definition) is 4. The van der Waals surface area contributed by atoms with Crippen molar-refractivity contribution in [3.8, 4) is 22.6 Å². The first-order valence-electron chi connectivity index (χ1n) is 10.2. The van der Waals surface area contributed by atoms with E-state index < -0.39 is 0 Å². The molecule has 4 N–H and O–H groups in total. The third-order valence-corrected chi connectivity index (χ3v) is 5.19. The van der Waals surface area contributed by atoms with Crippen LogP contribution in [0.3, 0.4) is 0 Å². The van der Waals surface area contributed by atoms with Gasteiger partial charge in [-0.15, -0.1) is 0 Å². The molecule has 0 aliphatic carbocycles. The Bertz CT molecular complexity index is 1520. The number of nitrogens with one attached hydrogen (secondary N) is 4. The van der Waals surface area contributed by atoms with Crippen LogP contribution < -0.4 is 10.6 Å². The SMILES string of the molecule is CCC(=O)Nc1cncc(-c2cnc3n[nH]c(-c4nc5c(C(=O)NC)cncc5[nH]4)c3c2)c1. The fraction of sp³-hybridized carbons (Fsp3) is 0.136. The van der Waals surface area contributed by atoms with Gasteiger partial charge in [0.25, 0.3) is 5.91 Å². The lowest BCUT2D eigenvalue weighted by Gasteiger charge is -2.06. The zero-order valence-electron chi connectivity index (χ0n) is 17.8. The molecule has 0 aliphatic rings. The van der Waals surface area contributed by atoms with Crippen molar-refractivity contribution in [3.05, 3.63) is 48.7 Å². The van der Waals surface area contributed by atoms with Crippen molar-refractivity contribution >= 4 is 39.6 Å². The van der Waals surface area contributed by atoms with E-state index in [9.17, 15) is 9.59 Å². The van der Waals surface area contributed by atoms with E-state index in [-0.39, 0.29) is 11.8 Å². The average Bonchev–Trinajstić information content (AvgIpc) is 3.47. The number of hydrogen-bond acceptors (Lipinski definition) is 7. The number of nitrogens with zero attached hydrogens (tertiary/aromatic N) is 5. The minimum Gasteiger partial charge on any atom is -0.355 e. The first-order valence-corrected chi connectivity index (χ1v) is 10.2. The third kappa shape index (κ3) is 3.65. The van der Waals surface area contributed by atoms with E-state index in [1.165, 1.54) is 6.20 Å². The highest BCUT2D eigenvalue weighted by molar-refractivity contribution is 6.05. The smallest absolute Gasteiger partial charge is 0.254 e. The van der Waals surface area contributed by atoms with Gasteiger partial charge in [0.2, 0.25) is 5.91 Å². The van der Waals surface area contributed by atoms with Gasteiger partial charge in [-0.2, -0.15) is 5.10 Å². The molecule has 0 atom stereocenters.